The van der Waals surface area contributed by atoms with E-state index in [2.05, 4.69) is 31.9 Å². The Morgan fingerprint density at radius 1 is 1.24 bits per heavy atom. The van der Waals surface area contributed by atoms with E-state index in [0.717, 1.165) is 14.2 Å². The van der Waals surface area contributed by atoms with Gasteiger partial charge in [-0.3, -0.25) is 0 Å². The lowest BCUT2D eigenvalue weighted by atomic mass is 10.1. The molecule has 2 rings (SSSR count). The van der Waals surface area contributed by atoms with Crippen molar-refractivity contribution in [2.45, 2.75) is 13.0 Å². The minimum absolute atomic E-state index is 0.355. The van der Waals surface area contributed by atoms with Gasteiger partial charge in [-0.2, -0.15) is 0 Å². The molecular formula is C12H9Br2FOS. The molecule has 0 fully saturated rings. The molecule has 1 atom stereocenters. The fourth-order valence-corrected chi connectivity index (χ4v) is 3.89. The van der Waals surface area contributed by atoms with Crippen LogP contribution in [0.5, 0.6) is 0 Å². The van der Waals surface area contributed by atoms with Gasteiger partial charge in [0.1, 0.15) is 11.9 Å². The molecule has 0 amide bonds. The van der Waals surface area contributed by atoms with Gasteiger partial charge in [-0.05, 0) is 47.1 Å². The topological polar surface area (TPSA) is 20.2 Å². The Bertz CT molecular complexity index is 553. The van der Waals surface area contributed by atoms with Gasteiger partial charge in [0.2, 0.25) is 0 Å². The molecule has 0 bridgehead atoms. The normalized spacial score (nSPS) is 12.8. The number of aliphatic hydroxyl groups is 1. The highest BCUT2D eigenvalue weighted by atomic mass is 79.9. The van der Waals surface area contributed by atoms with Gasteiger partial charge in [-0.1, -0.05) is 15.9 Å². The highest BCUT2D eigenvalue weighted by molar-refractivity contribution is 9.10. The summed E-state index contributed by atoms with van der Waals surface area (Å²) in [5.74, 6) is -0.355. The summed E-state index contributed by atoms with van der Waals surface area (Å²) < 4.78 is 14.7. The molecule has 0 saturated carbocycles. The van der Waals surface area contributed by atoms with Gasteiger partial charge in [0.05, 0.1) is 4.88 Å². The van der Waals surface area contributed by atoms with Gasteiger partial charge in [0, 0.05) is 19.4 Å². The summed E-state index contributed by atoms with van der Waals surface area (Å²) >= 11 is 8.21. The van der Waals surface area contributed by atoms with Crippen LogP contribution in [0.15, 0.2) is 33.2 Å². The van der Waals surface area contributed by atoms with Gasteiger partial charge in [0.25, 0.3) is 0 Å². The molecule has 17 heavy (non-hydrogen) atoms. The zero-order valence-electron chi connectivity index (χ0n) is 8.88. The first kappa shape index (κ1) is 13.2. The van der Waals surface area contributed by atoms with E-state index < -0.39 is 6.10 Å². The van der Waals surface area contributed by atoms with Crippen LogP contribution in [-0.2, 0) is 0 Å². The molecule has 0 aliphatic heterocycles. The smallest absolute Gasteiger partial charge is 0.123 e. The third-order valence-corrected chi connectivity index (χ3v) is 5.08. The summed E-state index contributed by atoms with van der Waals surface area (Å²) in [7, 11) is 0. The number of benzene rings is 1. The summed E-state index contributed by atoms with van der Waals surface area (Å²) in [6.45, 7) is 1.96. The van der Waals surface area contributed by atoms with Crippen LogP contribution in [0.25, 0.3) is 0 Å². The third-order valence-electron chi connectivity index (χ3n) is 2.34. The van der Waals surface area contributed by atoms with Crippen LogP contribution < -0.4 is 0 Å². The lowest BCUT2D eigenvalue weighted by Gasteiger charge is -2.12. The fourth-order valence-electron chi connectivity index (χ4n) is 1.55. The largest absolute Gasteiger partial charge is 0.383 e. The van der Waals surface area contributed by atoms with Crippen LogP contribution in [0, 0.1) is 12.7 Å². The number of thiophene rings is 1. The number of aliphatic hydroxyl groups excluding tert-OH is 1. The fraction of sp³-hybridized carbons (Fsp3) is 0.167. The van der Waals surface area contributed by atoms with Crippen molar-refractivity contribution in [3.8, 4) is 0 Å². The second-order valence-electron chi connectivity index (χ2n) is 3.64. The SMILES string of the molecule is Cc1cc(Br)c(C(O)c2cc(F)ccc2Br)s1. The average molecular weight is 380 g/mol. The summed E-state index contributed by atoms with van der Waals surface area (Å²) in [6.07, 6.45) is -0.826. The van der Waals surface area contributed by atoms with Gasteiger partial charge < -0.3 is 5.11 Å². The molecule has 1 nitrogen and oxygen atoms in total. The van der Waals surface area contributed by atoms with E-state index in [0.29, 0.717) is 10.0 Å². The maximum atomic E-state index is 13.2. The van der Waals surface area contributed by atoms with Crippen molar-refractivity contribution in [2.75, 3.05) is 0 Å². The number of hydrogen-bond acceptors (Lipinski definition) is 2. The molecule has 5 heteroatoms. The molecule has 0 aliphatic rings. The van der Waals surface area contributed by atoms with Crippen LogP contribution >= 0.6 is 43.2 Å². The lowest BCUT2D eigenvalue weighted by Crippen LogP contribution is -1.99. The highest BCUT2D eigenvalue weighted by Crippen LogP contribution is 2.37. The predicted molar refractivity (Wildman–Crippen MR) is 74.9 cm³/mol. The Kier molecular flexibility index (Phi) is 4.02. The summed E-state index contributed by atoms with van der Waals surface area (Å²) in [5.41, 5.74) is 0.535. The van der Waals surface area contributed by atoms with Crippen LogP contribution in [0.2, 0.25) is 0 Å². The zero-order chi connectivity index (χ0) is 12.6. The molecule has 1 aromatic carbocycles. The maximum absolute atomic E-state index is 13.2. The summed E-state index contributed by atoms with van der Waals surface area (Å²) in [5, 5.41) is 10.3. The molecule has 90 valence electrons. The third kappa shape index (κ3) is 2.78. The maximum Gasteiger partial charge on any atom is 0.123 e. The van der Waals surface area contributed by atoms with E-state index >= 15 is 0 Å². The second kappa shape index (κ2) is 5.18. The molecule has 0 spiro atoms. The quantitative estimate of drug-likeness (QED) is 0.794. The molecule has 0 saturated heterocycles. The minimum atomic E-state index is -0.826. The molecule has 2 aromatic rings. The first-order chi connectivity index (χ1) is 7.99. The van der Waals surface area contributed by atoms with Crippen molar-refractivity contribution in [1.82, 2.24) is 0 Å². The van der Waals surface area contributed by atoms with Crippen molar-refractivity contribution in [1.29, 1.82) is 0 Å². The van der Waals surface area contributed by atoms with Crippen molar-refractivity contribution < 1.29 is 9.50 Å². The van der Waals surface area contributed by atoms with Gasteiger partial charge in [0.15, 0.2) is 0 Å². The van der Waals surface area contributed by atoms with E-state index in [1.807, 2.05) is 13.0 Å². The summed E-state index contributed by atoms with van der Waals surface area (Å²) in [6, 6.07) is 6.24. The van der Waals surface area contributed by atoms with Gasteiger partial charge >= 0.3 is 0 Å². The first-order valence-electron chi connectivity index (χ1n) is 4.88. The Morgan fingerprint density at radius 2 is 1.94 bits per heavy atom. The number of hydrogen-bond donors (Lipinski definition) is 1. The Hall–Kier alpha value is -0.230. The van der Waals surface area contributed by atoms with Crippen molar-refractivity contribution in [3.05, 3.63) is 54.3 Å². The second-order valence-corrected chi connectivity index (χ2v) is 6.63. The van der Waals surface area contributed by atoms with Crippen LogP contribution in [0.3, 0.4) is 0 Å². The van der Waals surface area contributed by atoms with E-state index in [-0.39, 0.29) is 5.82 Å². The van der Waals surface area contributed by atoms with Crippen molar-refractivity contribution in [3.63, 3.8) is 0 Å². The molecule has 0 aliphatic carbocycles. The Labute approximate surface area is 120 Å². The number of aryl methyl sites for hydroxylation is 1. The van der Waals surface area contributed by atoms with Crippen molar-refractivity contribution in [2.24, 2.45) is 0 Å². The Morgan fingerprint density at radius 3 is 2.53 bits per heavy atom. The monoisotopic (exact) mass is 378 g/mol. The minimum Gasteiger partial charge on any atom is -0.383 e. The van der Waals surface area contributed by atoms with Crippen LogP contribution in [0.1, 0.15) is 21.4 Å². The van der Waals surface area contributed by atoms with E-state index in [1.165, 1.54) is 23.5 Å². The molecule has 1 N–H and O–H groups in total. The summed E-state index contributed by atoms with van der Waals surface area (Å²) in [4.78, 5) is 1.88. The van der Waals surface area contributed by atoms with Gasteiger partial charge in [-0.25, -0.2) is 4.39 Å². The van der Waals surface area contributed by atoms with E-state index in [4.69, 9.17) is 0 Å². The van der Waals surface area contributed by atoms with Crippen molar-refractivity contribution >= 4 is 43.2 Å². The average Bonchev–Trinajstić information content (AvgIpc) is 2.60. The number of rotatable bonds is 2. The first-order valence-corrected chi connectivity index (χ1v) is 7.28. The van der Waals surface area contributed by atoms with E-state index in [9.17, 15) is 9.50 Å². The number of halogens is 3. The van der Waals surface area contributed by atoms with Gasteiger partial charge in [-0.15, -0.1) is 11.3 Å². The highest BCUT2D eigenvalue weighted by Gasteiger charge is 2.19. The molecule has 1 heterocycles. The Balaban J connectivity index is 2.46. The zero-order valence-corrected chi connectivity index (χ0v) is 12.9. The lowest BCUT2D eigenvalue weighted by molar-refractivity contribution is 0.222. The molecule has 1 unspecified atom stereocenters. The molecule has 0 radical (unpaired) electrons. The van der Waals surface area contributed by atoms with Crippen LogP contribution in [0.4, 0.5) is 4.39 Å². The molecule has 1 aromatic heterocycles. The van der Waals surface area contributed by atoms with E-state index in [1.54, 1.807) is 6.07 Å². The predicted octanol–water partition coefficient (Wildman–Crippen LogP) is 4.80. The standard InChI is InChI=1S/C12H9Br2FOS/c1-6-4-10(14)12(17-6)11(16)8-5-7(15)2-3-9(8)13/h2-5,11,16H,1H3. The molecular weight excluding hydrogens is 371 g/mol. The van der Waals surface area contributed by atoms with Crippen LogP contribution in [-0.4, -0.2) is 5.11 Å².